The van der Waals surface area contributed by atoms with Crippen LogP contribution in [0.5, 0.6) is 5.75 Å². The zero-order chi connectivity index (χ0) is 17.6. The molecule has 1 fully saturated rings. The molecule has 6 heteroatoms. The molecule has 0 unspecified atom stereocenters. The third kappa shape index (κ3) is 4.38. The molecule has 2 aromatic rings. The van der Waals surface area contributed by atoms with Crippen LogP contribution in [0.2, 0.25) is 0 Å². The van der Waals surface area contributed by atoms with Crippen LogP contribution in [-0.2, 0) is 17.9 Å². The van der Waals surface area contributed by atoms with Gasteiger partial charge in [-0.25, -0.2) is 9.67 Å². The lowest BCUT2D eigenvalue weighted by atomic mass is 10.1. The first kappa shape index (κ1) is 17.9. The molecule has 1 aliphatic rings. The number of rotatable bonds is 6. The molecule has 0 saturated carbocycles. The highest BCUT2D eigenvalue weighted by Crippen LogP contribution is 2.28. The van der Waals surface area contributed by atoms with Crippen molar-refractivity contribution >= 4 is 0 Å². The summed E-state index contributed by atoms with van der Waals surface area (Å²) in [6.45, 7) is 2.26. The first-order chi connectivity index (χ1) is 12.2. The molecule has 3 rings (SSSR count). The summed E-state index contributed by atoms with van der Waals surface area (Å²) in [5, 5.41) is 4.70. The number of benzene rings is 1. The van der Waals surface area contributed by atoms with E-state index in [1.165, 1.54) is 24.8 Å². The minimum Gasteiger partial charge on any atom is -0.497 e. The number of nitrogens with zero attached hydrogens (tertiary/aromatic N) is 4. The average molecular weight is 344 g/mol. The van der Waals surface area contributed by atoms with Gasteiger partial charge in [-0.15, -0.1) is 0 Å². The normalized spacial score (nSPS) is 18.9. The molecule has 1 aromatic heterocycles. The largest absolute Gasteiger partial charge is 0.497 e. The van der Waals surface area contributed by atoms with Gasteiger partial charge >= 0.3 is 0 Å². The van der Waals surface area contributed by atoms with Gasteiger partial charge in [0.25, 0.3) is 0 Å². The molecule has 1 saturated heterocycles. The number of methoxy groups -OCH3 is 2. The molecule has 6 nitrogen and oxygen atoms in total. The van der Waals surface area contributed by atoms with E-state index < -0.39 is 0 Å². The summed E-state index contributed by atoms with van der Waals surface area (Å²) < 4.78 is 12.5. The zero-order valence-corrected chi connectivity index (χ0v) is 15.4. The second kappa shape index (κ2) is 8.45. The first-order valence-corrected chi connectivity index (χ1v) is 8.97. The second-order valence-corrected chi connectivity index (χ2v) is 6.67. The van der Waals surface area contributed by atoms with E-state index in [-0.39, 0.29) is 0 Å². The SMILES string of the molecule is COCc1nc([C@@H]2CCCCCN2C)n(Cc2ccc(OC)cc2)n1. The molecule has 1 aromatic carbocycles. The van der Waals surface area contributed by atoms with Gasteiger partial charge in [-0.2, -0.15) is 5.10 Å². The van der Waals surface area contributed by atoms with Crippen molar-refractivity contribution in [2.75, 3.05) is 27.8 Å². The summed E-state index contributed by atoms with van der Waals surface area (Å²) in [4.78, 5) is 7.22. The highest BCUT2D eigenvalue weighted by Gasteiger charge is 2.25. The Balaban J connectivity index is 1.87. The molecular formula is C19H28N4O2. The van der Waals surface area contributed by atoms with Crippen molar-refractivity contribution < 1.29 is 9.47 Å². The third-order valence-electron chi connectivity index (χ3n) is 4.83. The van der Waals surface area contributed by atoms with E-state index in [0.717, 1.165) is 30.4 Å². The van der Waals surface area contributed by atoms with Crippen LogP contribution in [0.25, 0.3) is 0 Å². The topological polar surface area (TPSA) is 52.4 Å². The van der Waals surface area contributed by atoms with Gasteiger partial charge in [0.05, 0.1) is 19.7 Å². The molecule has 0 aliphatic carbocycles. The van der Waals surface area contributed by atoms with Crippen LogP contribution in [0.3, 0.4) is 0 Å². The Bertz CT molecular complexity index is 669. The predicted octanol–water partition coefficient (Wildman–Crippen LogP) is 3.03. The maximum Gasteiger partial charge on any atom is 0.176 e. The van der Waals surface area contributed by atoms with Crippen molar-refractivity contribution in [1.82, 2.24) is 19.7 Å². The second-order valence-electron chi connectivity index (χ2n) is 6.67. The van der Waals surface area contributed by atoms with E-state index in [9.17, 15) is 0 Å². The fraction of sp³-hybridized carbons (Fsp3) is 0.579. The van der Waals surface area contributed by atoms with E-state index >= 15 is 0 Å². The van der Waals surface area contributed by atoms with E-state index in [0.29, 0.717) is 19.2 Å². The Kier molecular flexibility index (Phi) is 6.04. The molecule has 0 N–H and O–H groups in total. The first-order valence-electron chi connectivity index (χ1n) is 8.97. The van der Waals surface area contributed by atoms with Gasteiger partial charge < -0.3 is 9.47 Å². The predicted molar refractivity (Wildman–Crippen MR) is 96.7 cm³/mol. The van der Waals surface area contributed by atoms with Gasteiger partial charge in [0.15, 0.2) is 5.82 Å². The van der Waals surface area contributed by atoms with Crippen molar-refractivity contribution in [3.05, 3.63) is 41.5 Å². The summed E-state index contributed by atoms with van der Waals surface area (Å²) in [7, 11) is 5.56. The Morgan fingerprint density at radius 2 is 1.92 bits per heavy atom. The van der Waals surface area contributed by atoms with Crippen LogP contribution >= 0.6 is 0 Å². The third-order valence-corrected chi connectivity index (χ3v) is 4.83. The number of hydrogen-bond acceptors (Lipinski definition) is 5. The summed E-state index contributed by atoms with van der Waals surface area (Å²) in [5.74, 6) is 2.67. The van der Waals surface area contributed by atoms with E-state index in [1.54, 1.807) is 14.2 Å². The van der Waals surface area contributed by atoms with Gasteiger partial charge in [-0.1, -0.05) is 25.0 Å². The summed E-state index contributed by atoms with van der Waals surface area (Å²) >= 11 is 0. The number of likely N-dealkylation sites (tertiary alicyclic amines) is 1. The highest BCUT2D eigenvalue weighted by molar-refractivity contribution is 5.27. The maximum atomic E-state index is 5.25. The molecule has 0 radical (unpaired) electrons. The van der Waals surface area contributed by atoms with Crippen molar-refractivity contribution in [2.24, 2.45) is 0 Å². The molecule has 0 amide bonds. The standard InChI is InChI=1S/C19H28N4O2/c1-22-12-6-4-5-7-17(22)19-20-18(14-24-2)21-23(19)13-15-8-10-16(25-3)11-9-15/h8-11,17H,4-7,12-14H2,1-3H3/t17-/m0/s1. The number of aromatic nitrogens is 3. The summed E-state index contributed by atoms with van der Waals surface area (Å²) in [6.07, 6.45) is 4.91. The fourth-order valence-electron chi connectivity index (χ4n) is 3.44. The van der Waals surface area contributed by atoms with Crippen molar-refractivity contribution in [3.63, 3.8) is 0 Å². The lowest BCUT2D eigenvalue weighted by Crippen LogP contribution is -2.27. The molecule has 136 valence electrons. The molecular weight excluding hydrogens is 316 g/mol. The van der Waals surface area contributed by atoms with Crippen molar-refractivity contribution in [1.29, 1.82) is 0 Å². The lowest BCUT2D eigenvalue weighted by Gasteiger charge is -2.25. The van der Waals surface area contributed by atoms with Gasteiger partial charge in [0.2, 0.25) is 0 Å². The van der Waals surface area contributed by atoms with Crippen LogP contribution in [0.4, 0.5) is 0 Å². The fourth-order valence-corrected chi connectivity index (χ4v) is 3.44. The molecule has 1 aliphatic heterocycles. The van der Waals surface area contributed by atoms with Gasteiger partial charge in [0, 0.05) is 7.11 Å². The average Bonchev–Trinajstić information content (AvgIpc) is 2.87. The monoisotopic (exact) mass is 344 g/mol. The van der Waals surface area contributed by atoms with Gasteiger partial charge in [-0.3, -0.25) is 4.90 Å². The molecule has 0 bridgehead atoms. The van der Waals surface area contributed by atoms with Crippen LogP contribution in [0, 0.1) is 0 Å². The van der Waals surface area contributed by atoms with E-state index in [4.69, 9.17) is 19.6 Å². The van der Waals surface area contributed by atoms with Crippen LogP contribution in [0.15, 0.2) is 24.3 Å². The number of ether oxygens (including phenoxy) is 2. The highest BCUT2D eigenvalue weighted by atomic mass is 16.5. The van der Waals surface area contributed by atoms with Crippen molar-refractivity contribution in [2.45, 2.75) is 44.9 Å². The van der Waals surface area contributed by atoms with Gasteiger partial charge in [0.1, 0.15) is 18.2 Å². The minimum atomic E-state index is 0.318. The van der Waals surface area contributed by atoms with Crippen LogP contribution in [0.1, 0.15) is 48.9 Å². The quantitative estimate of drug-likeness (QED) is 0.806. The lowest BCUT2D eigenvalue weighted by molar-refractivity contribution is 0.177. The molecule has 2 heterocycles. The van der Waals surface area contributed by atoms with E-state index in [1.807, 2.05) is 16.8 Å². The molecule has 0 spiro atoms. The Labute approximate surface area is 149 Å². The Morgan fingerprint density at radius 1 is 1.12 bits per heavy atom. The van der Waals surface area contributed by atoms with E-state index in [2.05, 4.69) is 24.1 Å². The molecule has 25 heavy (non-hydrogen) atoms. The minimum absolute atomic E-state index is 0.318. The van der Waals surface area contributed by atoms with Crippen molar-refractivity contribution in [3.8, 4) is 5.75 Å². The maximum absolute atomic E-state index is 5.25. The summed E-state index contributed by atoms with van der Waals surface area (Å²) in [5.41, 5.74) is 1.19. The van der Waals surface area contributed by atoms with Gasteiger partial charge in [-0.05, 0) is 44.1 Å². The summed E-state index contributed by atoms with van der Waals surface area (Å²) in [6, 6.07) is 8.45. The Hall–Kier alpha value is -1.92. The smallest absolute Gasteiger partial charge is 0.176 e. The zero-order valence-electron chi connectivity index (χ0n) is 15.4. The van der Waals surface area contributed by atoms with Crippen LogP contribution < -0.4 is 4.74 Å². The number of hydrogen-bond donors (Lipinski definition) is 0. The van der Waals surface area contributed by atoms with Crippen LogP contribution in [-0.4, -0.2) is 47.5 Å². The Morgan fingerprint density at radius 3 is 2.64 bits per heavy atom. The molecule has 1 atom stereocenters.